The molecule has 7 aromatic carbocycles. The van der Waals surface area contributed by atoms with Crippen molar-refractivity contribution in [2.24, 2.45) is 9.98 Å². The summed E-state index contributed by atoms with van der Waals surface area (Å²) in [4.78, 5) is 10.0. The van der Waals surface area contributed by atoms with Crippen LogP contribution in [0, 0.1) is 0 Å². The topological polar surface area (TPSA) is 54.8 Å². The minimum Gasteiger partial charge on any atom is -0.456 e. The van der Waals surface area contributed by atoms with Crippen molar-refractivity contribution in [3.63, 3.8) is 0 Å². The maximum atomic E-state index is 6.16. The minimum absolute atomic E-state index is 0.279. The smallest absolute Gasteiger partial charge is 0.159 e. The summed E-state index contributed by atoms with van der Waals surface area (Å²) in [5.41, 5.74) is 10.7. The quantitative estimate of drug-likeness (QED) is 0.203. The fourth-order valence-electron chi connectivity index (χ4n) is 7.32. The zero-order chi connectivity index (χ0) is 33.0. The number of hydrogen-bond acceptors (Lipinski definition) is 4. The van der Waals surface area contributed by atoms with E-state index in [4.69, 9.17) is 14.4 Å². The first-order valence-electron chi connectivity index (χ1n) is 16.9. The van der Waals surface area contributed by atoms with Gasteiger partial charge >= 0.3 is 0 Å². The normalized spacial score (nSPS) is 14.6. The molecule has 1 N–H and O–H groups in total. The Bertz CT molecular complexity index is 2770. The molecule has 0 saturated carbocycles. The highest BCUT2D eigenvalue weighted by molar-refractivity contribution is 6.16. The van der Waals surface area contributed by atoms with E-state index in [1.807, 2.05) is 48.5 Å². The summed E-state index contributed by atoms with van der Waals surface area (Å²) < 4.78 is 8.53. The van der Waals surface area contributed by atoms with Crippen LogP contribution in [0.2, 0.25) is 0 Å². The van der Waals surface area contributed by atoms with Crippen LogP contribution >= 0.6 is 0 Å². The molecule has 50 heavy (non-hydrogen) atoms. The maximum absolute atomic E-state index is 6.16. The number of fused-ring (bicyclic) bond motifs is 6. The van der Waals surface area contributed by atoms with Gasteiger partial charge in [0.1, 0.15) is 23.2 Å². The highest BCUT2D eigenvalue weighted by Crippen LogP contribution is 2.40. The van der Waals surface area contributed by atoms with E-state index in [1.165, 1.54) is 21.9 Å². The molecular formula is C45H30N4O. The van der Waals surface area contributed by atoms with Gasteiger partial charge in [-0.2, -0.15) is 0 Å². The fraction of sp³-hybridized carbons (Fsp3) is 0.0222. The molecule has 1 aliphatic heterocycles. The number of furan rings is 1. The van der Waals surface area contributed by atoms with Gasteiger partial charge in [0.15, 0.2) is 5.84 Å². The lowest BCUT2D eigenvalue weighted by Gasteiger charge is -2.24. The molecule has 236 valence electrons. The van der Waals surface area contributed by atoms with Gasteiger partial charge in [0.05, 0.1) is 11.0 Å². The first kappa shape index (κ1) is 28.3. The van der Waals surface area contributed by atoms with Gasteiger partial charge in [-0.15, -0.1) is 0 Å². The summed E-state index contributed by atoms with van der Waals surface area (Å²) in [5, 5.41) is 8.28. The fourth-order valence-corrected chi connectivity index (χ4v) is 7.32. The number of rotatable bonds is 5. The molecule has 0 bridgehead atoms. The van der Waals surface area contributed by atoms with Crippen molar-refractivity contribution in [2.75, 3.05) is 0 Å². The van der Waals surface area contributed by atoms with Crippen LogP contribution < -0.4 is 5.32 Å². The molecule has 1 aliphatic rings. The van der Waals surface area contributed by atoms with E-state index >= 15 is 0 Å². The number of nitrogens with one attached hydrogen (secondary N) is 1. The zero-order valence-electron chi connectivity index (χ0n) is 27.0. The Balaban J connectivity index is 1.07. The molecule has 0 aliphatic carbocycles. The second-order valence-corrected chi connectivity index (χ2v) is 12.6. The zero-order valence-corrected chi connectivity index (χ0v) is 27.0. The van der Waals surface area contributed by atoms with E-state index in [-0.39, 0.29) is 6.17 Å². The third-order valence-electron chi connectivity index (χ3n) is 9.68. The average Bonchev–Trinajstić information content (AvgIpc) is 3.74. The summed E-state index contributed by atoms with van der Waals surface area (Å²) in [6.45, 7) is 0. The lowest BCUT2D eigenvalue weighted by atomic mass is 9.98. The van der Waals surface area contributed by atoms with Crippen molar-refractivity contribution in [2.45, 2.75) is 6.17 Å². The van der Waals surface area contributed by atoms with E-state index < -0.39 is 0 Å². The van der Waals surface area contributed by atoms with Gasteiger partial charge < -0.3 is 14.3 Å². The molecule has 3 heterocycles. The second-order valence-electron chi connectivity index (χ2n) is 12.6. The van der Waals surface area contributed by atoms with Crippen molar-refractivity contribution in [1.29, 1.82) is 0 Å². The Morgan fingerprint density at radius 1 is 0.520 bits per heavy atom. The first-order valence-corrected chi connectivity index (χ1v) is 16.9. The van der Waals surface area contributed by atoms with Crippen molar-refractivity contribution < 1.29 is 4.42 Å². The van der Waals surface area contributed by atoms with Crippen LogP contribution in [0.3, 0.4) is 0 Å². The molecule has 5 nitrogen and oxygen atoms in total. The number of nitrogens with zero attached hydrogens (tertiary/aromatic N) is 3. The summed E-state index contributed by atoms with van der Waals surface area (Å²) >= 11 is 0. The van der Waals surface area contributed by atoms with Gasteiger partial charge in [-0.05, 0) is 53.1 Å². The van der Waals surface area contributed by atoms with Crippen LogP contribution in [-0.2, 0) is 0 Å². The van der Waals surface area contributed by atoms with Crippen LogP contribution in [0.5, 0.6) is 0 Å². The average molecular weight is 643 g/mol. The van der Waals surface area contributed by atoms with E-state index in [0.717, 1.165) is 67.1 Å². The molecule has 0 spiro atoms. The summed E-state index contributed by atoms with van der Waals surface area (Å²) in [6, 6.07) is 59.3. The van der Waals surface area contributed by atoms with Crippen LogP contribution in [-0.4, -0.2) is 16.2 Å². The number of amidine groups is 2. The maximum Gasteiger partial charge on any atom is 0.159 e. The molecule has 9 aromatic rings. The highest BCUT2D eigenvalue weighted by atomic mass is 16.3. The van der Waals surface area contributed by atoms with Gasteiger partial charge in [0.25, 0.3) is 0 Å². The number of aromatic nitrogens is 1. The van der Waals surface area contributed by atoms with Crippen LogP contribution in [0.1, 0.15) is 22.9 Å². The molecular weight excluding hydrogens is 613 g/mol. The second kappa shape index (κ2) is 11.5. The third-order valence-corrected chi connectivity index (χ3v) is 9.68. The van der Waals surface area contributed by atoms with Crippen molar-refractivity contribution >= 4 is 55.4 Å². The largest absolute Gasteiger partial charge is 0.456 e. The van der Waals surface area contributed by atoms with Gasteiger partial charge in [0, 0.05) is 38.4 Å². The van der Waals surface area contributed by atoms with Gasteiger partial charge in [-0.25, -0.2) is 9.98 Å². The Labute approximate surface area is 288 Å². The van der Waals surface area contributed by atoms with Crippen molar-refractivity contribution in [3.05, 3.63) is 187 Å². The van der Waals surface area contributed by atoms with Crippen molar-refractivity contribution in [1.82, 2.24) is 9.88 Å². The predicted molar refractivity (Wildman–Crippen MR) is 205 cm³/mol. The number of aliphatic imine (C=N–C) groups is 2. The molecule has 10 rings (SSSR count). The summed E-state index contributed by atoms with van der Waals surface area (Å²) in [5.74, 6) is 1.53. The highest BCUT2D eigenvalue weighted by Gasteiger charge is 2.22. The van der Waals surface area contributed by atoms with Crippen molar-refractivity contribution in [3.8, 4) is 16.8 Å². The lowest BCUT2D eigenvalue weighted by Crippen LogP contribution is -2.33. The van der Waals surface area contributed by atoms with Crippen LogP contribution in [0.25, 0.3) is 60.6 Å². The monoisotopic (exact) mass is 642 g/mol. The first-order chi connectivity index (χ1) is 24.8. The van der Waals surface area contributed by atoms with E-state index in [0.29, 0.717) is 0 Å². The Morgan fingerprint density at radius 2 is 1.20 bits per heavy atom. The van der Waals surface area contributed by atoms with E-state index in [1.54, 1.807) is 0 Å². The summed E-state index contributed by atoms with van der Waals surface area (Å²) in [6.07, 6.45) is -0.279. The standard InChI is InChI=1S/C45H30N4O/c1-3-12-30(13-4-1)43-46-44(31-14-5-2-6-15-31)48-45(47-43)32-24-22-29(23-25-32)34-18-11-20-39-42(34)36-17-7-9-19-38(36)49(39)33-26-27-41-37(28-33)35-16-8-10-21-40(35)50-41/h1-28,45H,(H,46,47,48). The molecule has 0 amide bonds. The van der Waals surface area contributed by atoms with Gasteiger partial charge in [-0.1, -0.05) is 133 Å². The summed E-state index contributed by atoms with van der Waals surface area (Å²) in [7, 11) is 0. The molecule has 2 aromatic heterocycles. The molecule has 0 fully saturated rings. The Hall–Kier alpha value is -6.72. The third kappa shape index (κ3) is 4.63. The van der Waals surface area contributed by atoms with Crippen LogP contribution in [0.15, 0.2) is 184 Å². The number of para-hydroxylation sites is 2. The Morgan fingerprint density at radius 3 is 2.02 bits per heavy atom. The molecule has 0 radical (unpaired) electrons. The van der Waals surface area contributed by atoms with E-state index in [2.05, 4.69) is 131 Å². The van der Waals surface area contributed by atoms with E-state index in [9.17, 15) is 0 Å². The van der Waals surface area contributed by atoms with Gasteiger partial charge in [0.2, 0.25) is 0 Å². The number of benzene rings is 7. The minimum atomic E-state index is -0.279. The molecule has 1 unspecified atom stereocenters. The Kier molecular flexibility index (Phi) is 6.49. The number of hydrogen-bond donors (Lipinski definition) is 1. The van der Waals surface area contributed by atoms with Gasteiger partial charge in [-0.3, -0.25) is 0 Å². The molecule has 0 saturated heterocycles. The lowest BCUT2D eigenvalue weighted by molar-refractivity contribution is 0.669. The van der Waals surface area contributed by atoms with Crippen LogP contribution in [0.4, 0.5) is 0 Å². The molecule has 1 atom stereocenters. The predicted octanol–water partition coefficient (Wildman–Crippen LogP) is 10.8. The molecule has 5 heteroatoms. The SMILES string of the molecule is c1ccc(C2=NC(c3ccc(-c4cccc5c4c4ccccc4n5-c4ccc5oc6ccccc6c5c4)cc3)NC(c3ccccc3)=N2)cc1.